The number of halogens is 2. The standard InChI is InChI=1S/C15H13ClFN3O3S/c1-8-12(13(24(16,21)22)9(2)20(8)3)15-19-18-14(23-15)10-4-6-11(17)7-5-10/h4-7H,1-3H3. The highest BCUT2D eigenvalue weighted by atomic mass is 35.7. The minimum absolute atomic E-state index is 0.0368. The Balaban J connectivity index is 2.18. The first-order chi connectivity index (χ1) is 11.2. The Labute approximate surface area is 142 Å². The molecule has 0 amide bonds. The Kier molecular flexibility index (Phi) is 3.97. The minimum atomic E-state index is -4.00. The molecule has 1 aromatic carbocycles. The molecule has 24 heavy (non-hydrogen) atoms. The van der Waals surface area contributed by atoms with E-state index >= 15 is 0 Å². The van der Waals surface area contributed by atoms with Crippen molar-refractivity contribution in [3.8, 4) is 22.9 Å². The second-order valence-corrected chi connectivity index (χ2v) is 7.79. The van der Waals surface area contributed by atoms with Gasteiger partial charge < -0.3 is 8.98 Å². The van der Waals surface area contributed by atoms with E-state index in [2.05, 4.69) is 10.2 Å². The molecule has 3 aromatic rings. The van der Waals surface area contributed by atoms with Gasteiger partial charge in [-0.15, -0.1) is 10.2 Å². The fraction of sp³-hybridized carbons (Fsp3) is 0.200. The Morgan fingerprint density at radius 2 is 1.67 bits per heavy atom. The third kappa shape index (κ3) is 2.71. The van der Waals surface area contributed by atoms with E-state index in [4.69, 9.17) is 15.1 Å². The van der Waals surface area contributed by atoms with E-state index in [1.165, 1.54) is 24.3 Å². The molecule has 0 fully saturated rings. The van der Waals surface area contributed by atoms with Crippen LogP contribution in [0.4, 0.5) is 4.39 Å². The molecule has 0 aliphatic heterocycles. The number of aromatic nitrogens is 3. The summed E-state index contributed by atoms with van der Waals surface area (Å²) in [4.78, 5) is -0.0570. The smallest absolute Gasteiger partial charge is 0.263 e. The molecular weight excluding hydrogens is 357 g/mol. The molecule has 0 spiro atoms. The molecule has 0 aliphatic rings. The van der Waals surface area contributed by atoms with Crippen LogP contribution in [0.3, 0.4) is 0 Å². The summed E-state index contributed by atoms with van der Waals surface area (Å²) in [5.74, 6) is -0.192. The maximum Gasteiger partial charge on any atom is 0.263 e. The van der Waals surface area contributed by atoms with Crippen molar-refractivity contribution in [2.75, 3.05) is 0 Å². The Hall–Kier alpha value is -2.19. The molecule has 6 nitrogen and oxygen atoms in total. The van der Waals surface area contributed by atoms with Gasteiger partial charge in [-0.05, 0) is 38.1 Å². The maximum absolute atomic E-state index is 13.0. The van der Waals surface area contributed by atoms with Crippen molar-refractivity contribution >= 4 is 19.7 Å². The average molecular weight is 370 g/mol. The maximum atomic E-state index is 13.0. The second-order valence-electron chi connectivity index (χ2n) is 5.29. The molecule has 126 valence electrons. The van der Waals surface area contributed by atoms with Crippen molar-refractivity contribution in [1.82, 2.24) is 14.8 Å². The number of hydrogen-bond donors (Lipinski definition) is 0. The van der Waals surface area contributed by atoms with E-state index < -0.39 is 9.05 Å². The Bertz CT molecular complexity index is 1020. The quantitative estimate of drug-likeness (QED) is 0.661. The third-order valence-electron chi connectivity index (χ3n) is 3.90. The lowest BCUT2D eigenvalue weighted by Gasteiger charge is -1.98. The van der Waals surface area contributed by atoms with Gasteiger partial charge in [0.25, 0.3) is 14.9 Å². The van der Waals surface area contributed by atoms with Gasteiger partial charge >= 0.3 is 0 Å². The Morgan fingerprint density at radius 3 is 2.25 bits per heavy atom. The van der Waals surface area contributed by atoms with E-state index in [-0.39, 0.29) is 28.1 Å². The highest BCUT2D eigenvalue weighted by molar-refractivity contribution is 8.13. The van der Waals surface area contributed by atoms with Crippen LogP contribution >= 0.6 is 10.7 Å². The molecule has 0 unspecified atom stereocenters. The van der Waals surface area contributed by atoms with Crippen molar-refractivity contribution in [3.05, 3.63) is 41.5 Å². The molecule has 2 aromatic heterocycles. The third-order valence-corrected chi connectivity index (χ3v) is 5.35. The first-order valence-electron chi connectivity index (χ1n) is 6.90. The summed E-state index contributed by atoms with van der Waals surface area (Å²) in [6, 6.07) is 5.53. The predicted molar refractivity (Wildman–Crippen MR) is 86.6 cm³/mol. The monoisotopic (exact) mass is 369 g/mol. The average Bonchev–Trinajstić information content (AvgIpc) is 3.06. The van der Waals surface area contributed by atoms with Crippen LogP contribution in [0.1, 0.15) is 11.4 Å². The fourth-order valence-electron chi connectivity index (χ4n) is 2.50. The summed E-state index contributed by atoms with van der Waals surface area (Å²) in [6.45, 7) is 3.37. The highest BCUT2D eigenvalue weighted by Crippen LogP contribution is 2.37. The zero-order valence-corrected chi connectivity index (χ0v) is 14.6. The van der Waals surface area contributed by atoms with Crippen LogP contribution in [-0.2, 0) is 16.1 Å². The van der Waals surface area contributed by atoms with Gasteiger partial charge in [0.05, 0.1) is 5.56 Å². The van der Waals surface area contributed by atoms with Gasteiger partial charge in [0, 0.05) is 34.7 Å². The lowest BCUT2D eigenvalue weighted by Crippen LogP contribution is -1.96. The van der Waals surface area contributed by atoms with E-state index in [0.29, 0.717) is 17.0 Å². The molecule has 0 aliphatic carbocycles. The lowest BCUT2D eigenvalue weighted by atomic mass is 10.2. The van der Waals surface area contributed by atoms with Gasteiger partial charge in [-0.25, -0.2) is 12.8 Å². The molecule has 0 atom stereocenters. The normalized spacial score (nSPS) is 11.9. The van der Waals surface area contributed by atoms with Crippen molar-refractivity contribution in [2.45, 2.75) is 18.7 Å². The first-order valence-corrected chi connectivity index (χ1v) is 9.21. The van der Waals surface area contributed by atoms with Gasteiger partial charge in [0.1, 0.15) is 10.7 Å². The van der Waals surface area contributed by atoms with E-state index in [1.54, 1.807) is 25.5 Å². The minimum Gasteiger partial charge on any atom is -0.416 e. The number of hydrogen-bond acceptors (Lipinski definition) is 5. The summed E-state index contributed by atoms with van der Waals surface area (Å²) in [5.41, 5.74) is 1.89. The summed E-state index contributed by atoms with van der Waals surface area (Å²) >= 11 is 0. The van der Waals surface area contributed by atoms with Crippen LogP contribution in [0, 0.1) is 19.7 Å². The number of rotatable bonds is 3. The van der Waals surface area contributed by atoms with Crippen LogP contribution in [0.15, 0.2) is 33.6 Å². The molecule has 2 heterocycles. The van der Waals surface area contributed by atoms with Crippen molar-refractivity contribution in [1.29, 1.82) is 0 Å². The lowest BCUT2D eigenvalue weighted by molar-refractivity contribution is 0.580. The van der Waals surface area contributed by atoms with Gasteiger partial charge in [-0.1, -0.05) is 0 Å². The zero-order chi connectivity index (χ0) is 17.6. The topological polar surface area (TPSA) is 78.0 Å². The van der Waals surface area contributed by atoms with Crippen molar-refractivity contribution in [2.24, 2.45) is 7.05 Å². The van der Waals surface area contributed by atoms with Crippen molar-refractivity contribution < 1.29 is 17.2 Å². The van der Waals surface area contributed by atoms with Crippen LogP contribution in [0.5, 0.6) is 0 Å². The zero-order valence-electron chi connectivity index (χ0n) is 13.0. The van der Waals surface area contributed by atoms with Gasteiger partial charge in [-0.3, -0.25) is 0 Å². The largest absolute Gasteiger partial charge is 0.416 e. The molecular formula is C15H13ClFN3O3S. The van der Waals surface area contributed by atoms with Gasteiger partial charge in [0.2, 0.25) is 5.89 Å². The molecule has 0 bridgehead atoms. The van der Waals surface area contributed by atoms with E-state index in [1.807, 2.05) is 0 Å². The Morgan fingerprint density at radius 1 is 1.08 bits per heavy atom. The van der Waals surface area contributed by atoms with Crippen LogP contribution in [0.2, 0.25) is 0 Å². The second kappa shape index (κ2) is 5.71. The number of benzene rings is 1. The summed E-state index contributed by atoms with van der Waals surface area (Å²) in [7, 11) is 3.29. The SMILES string of the molecule is Cc1c(-c2nnc(-c3ccc(F)cc3)o2)c(S(=O)(=O)Cl)c(C)n1C. The molecule has 0 radical (unpaired) electrons. The molecule has 0 N–H and O–H groups in total. The summed E-state index contributed by atoms with van der Waals surface area (Å²) in [6.07, 6.45) is 0. The first kappa shape index (κ1) is 16.7. The molecule has 0 saturated carbocycles. The predicted octanol–water partition coefficient (Wildman–Crippen LogP) is 3.43. The molecule has 0 saturated heterocycles. The van der Waals surface area contributed by atoms with Crippen molar-refractivity contribution in [3.63, 3.8) is 0 Å². The van der Waals surface area contributed by atoms with Crippen LogP contribution in [0.25, 0.3) is 22.9 Å². The molecule has 9 heteroatoms. The summed E-state index contributed by atoms with van der Waals surface area (Å²) in [5, 5.41) is 7.84. The van der Waals surface area contributed by atoms with Crippen LogP contribution < -0.4 is 0 Å². The summed E-state index contributed by atoms with van der Waals surface area (Å²) < 4.78 is 44.2. The molecule has 3 rings (SSSR count). The van der Waals surface area contributed by atoms with E-state index in [0.717, 1.165) is 0 Å². The van der Waals surface area contributed by atoms with Gasteiger partial charge in [0.15, 0.2) is 0 Å². The fourth-order valence-corrected chi connectivity index (χ4v) is 4.04. The van der Waals surface area contributed by atoms with E-state index in [9.17, 15) is 12.8 Å². The highest BCUT2D eigenvalue weighted by Gasteiger charge is 2.29. The van der Waals surface area contributed by atoms with Crippen LogP contribution in [-0.4, -0.2) is 23.2 Å². The number of nitrogens with zero attached hydrogens (tertiary/aromatic N) is 3. The van der Waals surface area contributed by atoms with Gasteiger partial charge in [-0.2, -0.15) is 0 Å².